The molecular formula is C11H9F2NOS. The van der Waals surface area contributed by atoms with E-state index in [4.69, 9.17) is 0 Å². The van der Waals surface area contributed by atoms with Gasteiger partial charge in [0, 0.05) is 36.8 Å². The van der Waals surface area contributed by atoms with Gasteiger partial charge in [-0.25, -0.2) is 0 Å². The van der Waals surface area contributed by atoms with E-state index in [0.29, 0.717) is 12.2 Å². The van der Waals surface area contributed by atoms with E-state index >= 15 is 0 Å². The highest BCUT2D eigenvalue weighted by atomic mass is 32.2. The van der Waals surface area contributed by atoms with Crippen LogP contribution in [0, 0.1) is 23.7 Å². The van der Waals surface area contributed by atoms with Crippen LogP contribution in [0.25, 0.3) is 0 Å². The first kappa shape index (κ1) is 12.7. The maximum Gasteiger partial charge on any atom is 0.216 e. The predicted octanol–water partition coefficient (Wildman–Crippen LogP) is 2.38. The van der Waals surface area contributed by atoms with Crippen molar-refractivity contribution in [2.45, 2.75) is 13.3 Å². The molecule has 0 bridgehead atoms. The Morgan fingerprint density at radius 2 is 2.06 bits per heavy atom. The van der Waals surface area contributed by atoms with E-state index < -0.39 is 11.9 Å². The Bertz CT molecular complexity index is 431. The molecule has 0 saturated heterocycles. The standard InChI is InChI=1S/C11H9F2NOS/c1-8(15)16-5-3-2-4-9-6-10(12)14-11(13)7-9/h6-7H,3,5H2,1H3. The van der Waals surface area contributed by atoms with Crippen LogP contribution in [-0.4, -0.2) is 15.9 Å². The fourth-order valence-corrected chi connectivity index (χ4v) is 1.44. The maximum absolute atomic E-state index is 12.6. The highest BCUT2D eigenvalue weighted by Crippen LogP contribution is 2.04. The summed E-state index contributed by atoms with van der Waals surface area (Å²) >= 11 is 1.17. The molecule has 0 amide bonds. The molecule has 1 aromatic heterocycles. The van der Waals surface area contributed by atoms with Crippen molar-refractivity contribution in [2.24, 2.45) is 0 Å². The lowest BCUT2D eigenvalue weighted by molar-refractivity contribution is -0.109. The molecule has 0 fully saturated rings. The summed E-state index contributed by atoms with van der Waals surface area (Å²) in [5.41, 5.74) is 0.248. The number of rotatable bonds is 2. The van der Waals surface area contributed by atoms with Gasteiger partial charge < -0.3 is 0 Å². The quantitative estimate of drug-likeness (QED) is 0.452. The summed E-state index contributed by atoms with van der Waals surface area (Å²) in [5, 5.41) is 0.0304. The number of hydrogen-bond acceptors (Lipinski definition) is 3. The zero-order valence-electron chi connectivity index (χ0n) is 8.59. The molecule has 1 rings (SSSR count). The second-order valence-electron chi connectivity index (χ2n) is 2.89. The number of hydrogen-bond donors (Lipinski definition) is 0. The molecule has 0 spiro atoms. The lowest BCUT2D eigenvalue weighted by atomic mass is 10.2. The van der Waals surface area contributed by atoms with Crippen LogP contribution in [0.15, 0.2) is 12.1 Å². The number of aromatic nitrogens is 1. The molecule has 2 nitrogen and oxygen atoms in total. The van der Waals surface area contributed by atoms with Gasteiger partial charge in [-0.3, -0.25) is 4.79 Å². The molecular weight excluding hydrogens is 232 g/mol. The average molecular weight is 241 g/mol. The van der Waals surface area contributed by atoms with Gasteiger partial charge in [-0.1, -0.05) is 23.6 Å². The summed E-state index contributed by atoms with van der Waals surface area (Å²) in [4.78, 5) is 13.5. The summed E-state index contributed by atoms with van der Waals surface area (Å²) < 4.78 is 25.3. The number of pyridine rings is 1. The van der Waals surface area contributed by atoms with Gasteiger partial charge in [0.2, 0.25) is 11.9 Å². The predicted molar refractivity (Wildman–Crippen MR) is 58.8 cm³/mol. The lowest BCUT2D eigenvalue weighted by Gasteiger charge is -1.92. The van der Waals surface area contributed by atoms with Crippen LogP contribution >= 0.6 is 11.8 Å². The molecule has 5 heteroatoms. The molecule has 16 heavy (non-hydrogen) atoms. The maximum atomic E-state index is 12.6. The van der Waals surface area contributed by atoms with Crippen molar-refractivity contribution in [3.63, 3.8) is 0 Å². The van der Waals surface area contributed by atoms with Crippen LogP contribution in [-0.2, 0) is 4.79 Å². The fraction of sp³-hybridized carbons (Fsp3) is 0.273. The number of carbonyl (C=O) groups is 1. The minimum absolute atomic E-state index is 0.0304. The number of halogens is 2. The van der Waals surface area contributed by atoms with Crippen molar-refractivity contribution >= 4 is 16.9 Å². The highest BCUT2D eigenvalue weighted by molar-refractivity contribution is 8.13. The highest BCUT2D eigenvalue weighted by Gasteiger charge is 1.98. The Kier molecular flexibility index (Phi) is 4.93. The van der Waals surface area contributed by atoms with Crippen molar-refractivity contribution in [1.82, 2.24) is 4.98 Å². The Hall–Kier alpha value is -1.41. The van der Waals surface area contributed by atoms with E-state index in [9.17, 15) is 13.6 Å². The van der Waals surface area contributed by atoms with Crippen LogP contribution in [0.1, 0.15) is 18.9 Å². The summed E-state index contributed by atoms with van der Waals surface area (Å²) in [5.74, 6) is 4.14. The molecule has 0 aliphatic heterocycles. The van der Waals surface area contributed by atoms with E-state index in [0.717, 1.165) is 12.1 Å². The zero-order valence-corrected chi connectivity index (χ0v) is 9.41. The number of nitrogens with zero attached hydrogens (tertiary/aromatic N) is 1. The van der Waals surface area contributed by atoms with Gasteiger partial charge in [-0.15, -0.1) is 0 Å². The molecule has 0 aromatic carbocycles. The first-order valence-corrected chi connectivity index (χ1v) is 5.52. The van der Waals surface area contributed by atoms with Gasteiger partial charge in [0.05, 0.1) is 0 Å². The van der Waals surface area contributed by atoms with Crippen LogP contribution < -0.4 is 0 Å². The van der Waals surface area contributed by atoms with Crippen LogP contribution in [0.5, 0.6) is 0 Å². The first-order valence-electron chi connectivity index (χ1n) is 4.53. The lowest BCUT2D eigenvalue weighted by Crippen LogP contribution is -1.89. The fourth-order valence-electron chi connectivity index (χ4n) is 0.947. The molecule has 84 valence electrons. The minimum Gasteiger partial charge on any atom is -0.288 e. The molecule has 1 heterocycles. The van der Waals surface area contributed by atoms with Crippen molar-refractivity contribution in [3.8, 4) is 11.8 Å². The smallest absolute Gasteiger partial charge is 0.216 e. The van der Waals surface area contributed by atoms with Crippen molar-refractivity contribution < 1.29 is 13.6 Å². The van der Waals surface area contributed by atoms with Crippen LogP contribution in [0.2, 0.25) is 0 Å². The van der Waals surface area contributed by atoms with E-state index in [1.54, 1.807) is 0 Å². The van der Waals surface area contributed by atoms with Crippen LogP contribution in [0.4, 0.5) is 8.78 Å². The second-order valence-corrected chi connectivity index (χ2v) is 4.16. The molecule has 0 saturated carbocycles. The first-order chi connectivity index (χ1) is 7.58. The van der Waals surface area contributed by atoms with Crippen molar-refractivity contribution in [3.05, 3.63) is 29.6 Å². The Labute approximate surface area is 96.5 Å². The Morgan fingerprint density at radius 3 is 2.62 bits per heavy atom. The van der Waals surface area contributed by atoms with Gasteiger partial charge in [-0.2, -0.15) is 13.8 Å². The summed E-state index contributed by atoms with van der Waals surface area (Å²) in [6.45, 7) is 1.48. The van der Waals surface area contributed by atoms with Gasteiger partial charge >= 0.3 is 0 Å². The molecule has 0 aliphatic carbocycles. The van der Waals surface area contributed by atoms with E-state index in [-0.39, 0.29) is 10.7 Å². The third kappa shape index (κ3) is 4.89. The van der Waals surface area contributed by atoms with E-state index in [1.165, 1.54) is 18.7 Å². The minimum atomic E-state index is -0.887. The molecule has 0 N–H and O–H groups in total. The van der Waals surface area contributed by atoms with Crippen LogP contribution in [0.3, 0.4) is 0 Å². The SMILES string of the molecule is CC(=O)SCCC#Cc1cc(F)nc(F)c1. The Morgan fingerprint density at radius 1 is 1.44 bits per heavy atom. The molecule has 0 radical (unpaired) electrons. The number of thioether (sulfide) groups is 1. The zero-order chi connectivity index (χ0) is 12.0. The van der Waals surface area contributed by atoms with Gasteiger partial charge in [0.25, 0.3) is 0 Å². The van der Waals surface area contributed by atoms with E-state index in [2.05, 4.69) is 16.8 Å². The largest absolute Gasteiger partial charge is 0.288 e. The number of carbonyl (C=O) groups excluding carboxylic acids is 1. The monoisotopic (exact) mass is 241 g/mol. The van der Waals surface area contributed by atoms with Crippen molar-refractivity contribution in [2.75, 3.05) is 5.75 Å². The third-order valence-corrected chi connectivity index (χ3v) is 2.34. The summed E-state index contributed by atoms with van der Waals surface area (Å²) in [7, 11) is 0. The third-order valence-electron chi connectivity index (χ3n) is 1.53. The van der Waals surface area contributed by atoms with Crippen molar-refractivity contribution in [1.29, 1.82) is 0 Å². The Balaban J connectivity index is 2.53. The van der Waals surface area contributed by atoms with Gasteiger partial charge in [0.1, 0.15) is 0 Å². The molecule has 1 aromatic rings. The topological polar surface area (TPSA) is 30.0 Å². The van der Waals surface area contributed by atoms with E-state index in [1.807, 2.05) is 0 Å². The normalized spacial score (nSPS) is 9.44. The van der Waals surface area contributed by atoms with Gasteiger partial charge in [0.15, 0.2) is 5.12 Å². The van der Waals surface area contributed by atoms with Gasteiger partial charge in [-0.05, 0) is 0 Å². The summed E-state index contributed by atoms with van der Waals surface area (Å²) in [6, 6.07) is 2.13. The molecule has 0 aliphatic rings. The summed E-state index contributed by atoms with van der Waals surface area (Å²) in [6.07, 6.45) is 0.496. The second kappa shape index (κ2) is 6.23. The average Bonchev–Trinajstić information content (AvgIpc) is 2.15. The molecule has 0 unspecified atom stereocenters. The molecule has 0 atom stereocenters.